The van der Waals surface area contributed by atoms with Crippen LogP contribution in [0.15, 0.2) is 23.1 Å². The fourth-order valence-electron chi connectivity index (χ4n) is 2.70. The highest BCUT2D eigenvalue weighted by molar-refractivity contribution is 5.78. The van der Waals surface area contributed by atoms with Crippen molar-refractivity contribution in [3.8, 4) is 5.88 Å². The van der Waals surface area contributed by atoms with E-state index >= 15 is 0 Å². The molecule has 0 atom stereocenters. The molecule has 1 aliphatic rings. The summed E-state index contributed by atoms with van der Waals surface area (Å²) in [6.07, 6.45) is 7.87. The number of carboxylic acid groups (broad SMARTS) is 1. The molecule has 0 spiro atoms. The molecule has 0 saturated heterocycles. The lowest BCUT2D eigenvalue weighted by Crippen LogP contribution is -2.35. The molecule has 1 saturated carbocycles. The fraction of sp³-hybridized carbons (Fsp3) is 0.533. The molecule has 2 aromatic heterocycles. The van der Waals surface area contributed by atoms with Gasteiger partial charge in [0.15, 0.2) is 0 Å². The first-order valence-electron chi connectivity index (χ1n) is 7.24. The second kappa shape index (κ2) is 7.74. The number of ether oxygens (including phenoxy) is 1. The summed E-state index contributed by atoms with van der Waals surface area (Å²) in [4.78, 5) is 19.0. The zero-order valence-corrected chi connectivity index (χ0v) is 12.8. The van der Waals surface area contributed by atoms with Gasteiger partial charge >= 0.3 is 0 Å². The van der Waals surface area contributed by atoms with Gasteiger partial charge in [-0.2, -0.15) is 0 Å². The summed E-state index contributed by atoms with van der Waals surface area (Å²) >= 11 is 0. The molecule has 1 N–H and O–H groups in total. The molecule has 120 valence electrons. The van der Waals surface area contributed by atoms with Gasteiger partial charge in [-0.25, -0.2) is 9.97 Å². The minimum absolute atomic E-state index is 0.250. The van der Waals surface area contributed by atoms with Crippen LogP contribution in [-0.2, 0) is 4.79 Å². The van der Waals surface area contributed by atoms with Gasteiger partial charge in [0, 0.05) is 6.04 Å². The van der Waals surface area contributed by atoms with Crippen molar-refractivity contribution in [3.63, 3.8) is 0 Å². The Morgan fingerprint density at radius 1 is 1.32 bits per heavy atom. The molecule has 22 heavy (non-hydrogen) atoms. The van der Waals surface area contributed by atoms with E-state index in [0.717, 1.165) is 18.2 Å². The van der Waals surface area contributed by atoms with E-state index in [9.17, 15) is 0 Å². The summed E-state index contributed by atoms with van der Waals surface area (Å²) in [6.45, 7) is -0.250. The third-order valence-corrected chi connectivity index (χ3v) is 3.88. The molecule has 2 heterocycles. The summed E-state index contributed by atoms with van der Waals surface area (Å²) in [5, 5.41) is 7.75. The molecular formula is C15H21N3O4. The highest BCUT2D eigenvalue weighted by Crippen LogP contribution is 2.28. The largest absolute Gasteiger partial charge is 0.483 e. The maximum atomic E-state index is 8.36. The SMILES string of the molecule is CN(C)[C@H]1CC[C@H](Oc2ncnc3occc23)CC1.O=CO. The molecule has 0 aliphatic heterocycles. The van der Waals surface area contributed by atoms with Gasteiger partial charge in [0.1, 0.15) is 17.8 Å². The Morgan fingerprint density at radius 2 is 2.00 bits per heavy atom. The van der Waals surface area contributed by atoms with Gasteiger partial charge < -0.3 is 19.2 Å². The molecule has 1 fully saturated rings. The Bertz CT molecular complexity index is 591. The second-order valence-electron chi connectivity index (χ2n) is 5.44. The molecule has 0 aromatic carbocycles. The summed E-state index contributed by atoms with van der Waals surface area (Å²) in [5.74, 6) is 0.645. The van der Waals surface area contributed by atoms with Crippen LogP contribution in [0.3, 0.4) is 0 Å². The van der Waals surface area contributed by atoms with Crippen LogP contribution < -0.4 is 4.74 Å². The topological polar surface area (TPSA) is 88.7 Å². The molecule has 0 radical (unpaired) electrons. The summed E-state index contributed by atoms with van der Waals surface area (Å²) in [6, 6.07) is 2.54. The normalized spacial score (nSPS) is 21.2. The number of fused-ring (bicyclic) bond motifs is 1. The number of furan rings is 1. The first kappa shape index (κ1) is 16.2. The van der Waals surface area contributed by atoms with Gasteiger partial charge in [-0.15, -0.1) is 0 Å². The van der Waals surface area contributed by atoms with Crippen LogP contribution in [0.1, 0.15) is 25.7 Å². The van der Waals surface area contributed by atoms with E-state index in [2.05, 4.69) is 29.0 Å². The molecule has 1 aliphatic carbocycles. The van der Waals surface area contributed by atoms with Gasteiger partial charge in [0.05, 0.1) is 6.26 Å². The van der Waals surface area contributed by atoms with E-state index in [1.165, 1.54) is 19.2 Å². The fourth-order valence-corrected chi connectivity index (χ4v) is 2.70. The first-order chi connectivity index (χ1) is 10.7. The molecule has 7 heteroatoms. The van der Waals surface area contributed by atoms with Gasteiger partial charge in [0.2, 0.25) is 11.6 Å². The number of rotatable bonds is 3. The standard InChI is InChI=1S/C14H19N3O2.CH2O2/c1-17(2)10-3-5-11(6-4-10)19-14-12-7-8-18-13(12)15-9-16-14;2-1-3/h7-11H,3-6H2,1-2H3;1H,(H,2,3)/t10-,11-;. The van der Waals surface area contributed by atoms with Crippen LogP contribution >= 0.6 is 0 Å². The number of carbonyl (C=O) groups is 1. The lowest BCUT2D eigenvalue weighted by atomic mass is 9.92. The lowest BCUT2D eigenvalue weighted by molar-refractivity contribution is -0.122. The van der Waals surface area contributed by atoms with Crippen molar-refractivity contribution in [1.29, 1.82) is 0 Å². The number of aromatic nitrogens is 2. The van der Waals surface area contributed by atoms with Crippen molar-refractivity contribution in [2.24, 2.45) is 0 Å². The Kier molecular flexibility index (Phi) is 5.71. The molecule has 0 bridgehead atoms. The Balaban J connectivity index is 0.000000545. The van der Waals surface area contributed by atoms with E-state index < -0.39 is 0 Å². The highest BCUT2D eigenvalue weighted by Gasteiger charge is 2.24. The van der Waals surface area contributed by atoms with Crippen molar-refractivity contribution in [2.45, 2.75) is 37.8 Å². The summed E-state index contributed by atoms with van der Waals surface area (Å²) < 4.78 is 11.3. The van der Waals surface area contributed by atoms with E-state index in [1.807, 2.05) is 6.07 Å². The highest BCUT2D eigenvalue weighted by atomic mass is 16.5. The Hall–Kier alpha value is -2.15. The molecule has 3 rings (SSSR count). The minimum atomic E-state index is -0.250. The predicted octanol–water partition coefficient (Wildman–Crippen LogP) is 2.18. The van der Waals surface area contributed by atoms with Crippen LogP contribution in [0.2, 0.25) is 0 Å². The zero-order chi connectivity index (χ0) is 15.9. The van der Waals surface area contributed by atoms with Crippen LogP contribution in [0.5, 0.6) is 5.88 Å². The quantitative estimate of drug-likeness (QED) is 0.869. The van der Waals surface area contributed by atoms with Gasteiger partial charge in [-0.05, 0) is 45.8 Å². The summed E-state index contributed by atoms with van der Waals surface area (Å²) in [7, 11) is 4.29. The average molecular weight is 307 g/mol. The number of hydrogen-bond donors (Lipinski definition) is 1. The van der Waals surface area contributed by atoms with Crippen LogP contribution in [-0.4, -0.2) is 52.7 Å². The number of nitrogens with zero attached hydrogens (tertiary/aromatic N) is 3. The molecule has 2 aromatic rings. The number of hydrogen-bond acceptors (Lipinski definition) is 6. The monoisotopic (exact) mass is 307 g/mol. The van der Waals surface area contributed by atoms with Crippen LogP contribution in [0, 0.1) is 0 Å². The average Bonchev–Trinajstić information content (AvgIpc) is 2.98. The lowest BCUT2D eigenvalue weighted by Gasteiger charge is -2.32. The molecule has 7 nitrogen and oxygen atoms in total. The van der Waals surface area contributed by atoms with Crippen molar-refractivity contribution in [3.05, 3.63) is 18.7 Å². The van der Waals surface area contributed by atoms with Crippen molar-refractivity contribution in [1.82, 2.24) is 14.9 Å². The summed E-state index contributed by atoms with van der Waals surface area (Å²) in [5.41, 5.74) is 0.590. The van der Waals surface area contributed by atoms with E-state index in [1.54, 1.807) is 6.26 Å². The second-order valence-corrected chi connectivity index (χ2v) is 5.44. The smallest absolute Gasteiger partial charge is 0.290 e. The maximum Gasteiger partial charge on any atom is 0.290 e. The van der Waals surface area contributed by atoms with Crippen molar-refractivity contribution in [2.75, 3.05) is 14.1 Å². The van der Waals surface area contributed by atoms with Gasteiger partial charge in [0.25, 0.3) is 6.47 Å². The molecule has 0 amide bonds. The Labute approximate surface area is 128 Å². The van der Waals surface area contributed by atoms with E-state index in [-0.39, 0.29) is 12.6 Å². The molecule has 0 unspecified atom stereocenters. The zero-order valence-electron chi connectivity index (χ0n) is 12.8. The maximum absolute atomic E-state index is 8.36. The van der Waals surface area contributed by atoms with Crippen molar-refractivity contribution >= 4 is 17.6 Å². The minimum Gasteiger partial charge on any atom is -0.483 e. The predicted molar refractivity (Wildman–Crippen MR) is 80.9 cm³/mol. The first-order valence-corrected chi connectivity index (χ1v) is 7.24. The Morgan fingerprint density at radius 3 is 2.64 bits per heavy atom. The van der Waals surface area contributed by atoms with Crippen molar-refractivity contribution < 1.29 is 19.1 Å². The van der Waals surface area contributed by atoms with Crippen LogP contribution in [0.25, 0.3) is 11.1 Å². The van der Waals surface area contributed by atoms with E-state index in [0.29, 0.717) is 17.6 Å². The van der Waals surface area contributed by atoms with Gasteiger partial charge in [-0.3, -0.25) is 4.79 Å². The third-order valence-electron chi connectivity index (χ3n) is 3.88. The molecular weight excluding hydrogens is 286 g/mol. The van der Waals surface area contributed by atoms with Crippen LogP contribution in [0.4, 0.5) is 0 Å². The van der Waals surface area contributed by atoms with E-state index in [4.69, 9.17) is 19.1 Å². The van der Waals surface area contributed by atoms with Gasteiger partial charge in [-0.1, -0.05) is 0 Å². The third kappa shape index (κ3) is 3.94.